The topological polar surface area (TPSA) is 32.3 Å². The molecular weight excluding hydrogens is 316 g/mol. The Hall–Kier alpha value is -0.870. The third-order valence-corrected chi connectivity index (χ3v) is 4.51. The molecule has 0 aromatic heterocycles. The molecule has 1 aliphatic heterocycles. The second-order valence-electron chi connectivity index (χ2n) is 5.58. The maximum absolute atomic E-state index is 11.7. The standard InChI is InChI=1S/C16H23BrN2O/c1-3-16(20)19-8-7-15(12(2)11-19)18-10-13-5-4-6-14(17)9-13/h4-6,9,12,15,18H,3,7-8,10-11H2,1-2H3/t12-,15-/m1/s1. The van der Waals surface area contributed by atoms with Crippen molar-refractivity contribution >= 4 is 21.8 Å². The Balaban J connectivity index is 1.84. The largest absolute Gasteiger partial charge is 0.342 e. The van der Waals surface area contributed by atoms with E-state index in [9.17, 15) is 4.79 Å². The Morgan fingerprint density at radius 2 is 2.30 bits per heavy atom. The van der Waals surface area contributed by atoms with E-state index in [2.05, 4.69) is 46.4 Å². The fourth-order valence-electron chi connectivity index (χ4n) is 2.79. The number of nitrogens with zero attached hydrogens (tertiary/aromatic N) is 1. The van der Waals surface area contributed by atoms with Gasteiger partial charge < -0.3 is 10.2 Å². The molecule has 1 N–H and O–H groups in total. The first-order valence-electron chi connectivity index (χ1n) is 7.35. The van der Waals surface area contributed by atoms with Gasteiger partial charge in [0.05, 0.1) is 0 Å². The fraction of sp³-hybridized carbons (Fsp3) is 0.562. The molecular formula is C16H23BrN2O. The van der Waals surface area contributed by atoms with Gasteiger partial charge in [0.15, 0.2) is 0 Å². The number of likely N-dealkylation sites (tertiary alicyclic amines) is 1. The Morgan fingerprint density at radius 1 is 1.50 bits per heavy atom. The molecule has 2 rings (SSSR count). The lowest BCUT2D eigenvalue weighted by atomic mass is 9.93. The van der Waals surface area contributed by atoms with Crippen molar-refractivity contribution in [3.8, 4) is 0 Å². The number of rotatable bonds is 4. The van der Waals surface area contributed by atoms with Gasteiger partial charge in [-0.05, 0) is 30.0 Å². The lowest BCUT2D eigenvalue weighted by Gasteiger charge is -2.37. The summed E-state index contributed by atoms with van der Waals surface area (Å²) in [5, 5.41) is 3.63. The van der Waals surface area contributed by atoms with Gasteiger partial charge >= 0.3 is 0 Å². The zero-order valence-corrected chi connectivity index (χ0v) is 13.8. The van der Waals surface area contributed by atoms with Crippen molar-refractivity contribution in [3.05, 3.63) is 34.3 Å². The molecule has 0 aliphatic carbocycles. The molecule has 1 aromatic rings. The van der Waals surface area contributed by atoms with E-state index < -0.39 is 0 Å². The highest BCUT2D eigenvalue weighted by molar-refractivity contribution is 9.10. The molecule has 0 saturated carbocycles. The molecule has 1 amide bonds. The van der Waals surface area contributed by atoms with E-state index in [1.165, 1.54) is 5.56 Å². The van der Waals surface area contributed by atoms with Crippen LogP contribution in [0.15, 0.2) is 28.7 Å². The van der Waals surface area contributed by atoms with Crippen LogP contribution in [0.2, 0.25) is 0 Å². The normalized spacial score (nSPS) is 22.9. The summed E-state index contributed by atoms with van der Waals surface area (Å²) in [6.07, 6.45) is 1.66. The van der Waals surface area contributed by atoms with Crippen LogP contribution in [-0.2, 0) is 11.3 Å². The molecule has 1 saturated heterocycles. The Morgan fingerprint density at radius 3 is 2.95 bits per heavy atom. The van der Waals surface area contributed by atoms with Crippen LogP contribution in [0.4, 0.5) is 0 Å². The minimum Gasteiger partial charge on any atom is -0.342 e. The van der Waals surface area contributed by atoms with Gasteiger partial charge in [0, 0.05) is 36.6 Å². The highest BCUT2D eigenvalue weighted by Crippen LogP contribution is 2.18. The summed E-state index contributed by atoms with van der Waals surface area (Å²) >= 11 is 3.50. The van der Waals surface area contributed by atoms with E-state index in [1.807, 2.05) is 17.9 Å². The van der Waals surface area contributed by atoms with Crippen molar-refractivity contribution in [2.45, 2.75) is 39.3 Å². The van der Waals surface area contributed by atoms with Crippen LogP contribution in [0.5, 0.6) is 0 Å². The van der Waals surface area contributed by atoms with Gasteiger partial charge in [-0.2, -0.15) is 0 Å². The van der Waals surface area contributed by atoms with Gasteiger partial charge in [-0.3, -0.25) is 4.79 Å². The number of carbonyl (C=O) groups excluding carboxylic acids is 1. The molecule has 1 aliphatic rings. The van der Waals surface area contributed by atoms with Crippen LogP contribution in [0.1, 0.15) is 32.3 Å². The third-order valence-electron chi connectivity index (χ3n) is 4.02. The van der Waals surface area contributed by atoms with Gasteiger partial charge in [-0.15, -0.1) is 0 Å². The van der Waals surface area contributed by atoms with Crippen molar-refractivity contribution in [2.24, 2.45) is 5.92 Å². The van der Waals surface area contributed by atoms with Crippen LogP contribution in [-0.4, -0.2) is 29.9 Å². The predicted molar refractivity (Wildman–Crippen MR) is 85.4 cm³/mol. The Bertz CT molecular complexity index is 464. The van der Waals surface area contributed by atoms with Crippen molar-refractivity contribution in [2.75, 3.05) is 13.1 Å². The maximum atomic E-state index is 11.7. The molecule has 0 spiro atoms. The molecule has 20 heavy (non-hydrogen) atoms. The number of hydrogen-bond acceptors (Lipinski definition) is 2. The van der Waals surface area contributed by atoms with Gasteiger partial charge in [0.1, 0.15) is 0 Å². The first-order chi connectivity index (χ1) is 9.60. The van der Waals surface area contributed by atoms with Gasteiger partial charge in [-0.1, -0.05) is 41.9 Å². The predicted octanol–water partition coefficient (Wildman–Crippen LogP) is 3.19. The highest BCUT2D eigenvalue weighted by atomic mass is 79.9. The number of carbonyl (C=O) groups is 1. The first kappa shape index (κ1) is 15.5. The summed E-state index contributed by atoms with van der Waals surface area (Å²) in [7, 11) is 0. The molecule has 4 heteroatoms. The van der Waals surface area contributed by atoms with E-state index in [-0.39, 0.29) is 5.91 Å². The van der Waals surface area contributed by atoms with E-state index in [0.29, 0.717) is 18.4 Å². The molecule has 110 valence electrons. The van der Waals surface area contributed by atoms with Crippen molar-refractivity contribution in [1.29, 1.82) is 0 Å². The minimum absolute atomic E-state index is 0.280. The molecule has 1 heterocycles. The van der Waals surface area contributed by atoms with Crippen LogP contribution in [0, 0.1) is 5.92 Å². The summed E-state index contributed by atoms with van der Waals surface area (Å²) in [4.78, 5) is 13.7. The molecule has 1 fully saturated rings. The first-order valence-corrected chi connectivity index (χ1v) is 8.15. The van der Waals surface area contributed by atoms with Gasteiger partial charge in [0.25, 0.3) is 0 Å². The second-order valence-corrected chi connectivity index (χ2v) is 6.49. The molecule has 1 aromatic carbocycles. The summed E-state index contributed by atoms with van der Waals surface area (Å²) in [6.45, 7) is 6.81. The van der Waals surface area contributed by atoms with Crippen LogP contribution in [0.25, 0.3) is 0 Å². The smallest absolute Gasteiger partial charge is 0.222 e. The second kappa shape index (κ2) is 7.23. The molecule has 0 radical (unpaired) electrons. The fourth-order valence-corrected chi connectivity index (χ4v) is 3.24. The SMILES string of the molecule is CCC(=O)N1CC[C@@H](NCc2cccc(Br)c2)[C@H](C)C1. The zero-order valence-electron chi connectivity index (χ0n) is 12.2. The minimum atomic E-state index is 0.280. The van der Waals surface area contributed by atoms with Crippen LogP contribution < -0.4 is 5.32 Å². The average molecular weight is 339 g/mol. The van der Waals surface area contributed by atoms with Gasteiger partial charge in [-0.25, -0.2) is 0 Å². The molecule has 0 unspecified atom stereocenters. The van der Waals surface area contributed by atoms with Crippen molar-refractivity contribution in [3.63, 3.8) is 0 Å². The number of piperidine rings is 1. The summed E-state index contributed by atoms with van der Waals surface area (Å²) in [5.41, 5.74) is 1.29. The zero-order chi connectivity index (χ0) is 14.5. The Kier molecular flexibility index (Phi) is 5.61. The van der Waals surface area contributed by atoms with Crippen LogP contribution in [0.3, 0.4) is 0 Å². The highest BCUT2D eigenvalue weighted by Gasteiger charge is 2.27. The van der Waals surface area contributed by atoms with E-state index in [1.54, 1.807) is 0 Å². The lowest BCUT2D eigenvalue weighted by Crippen LogP contribution is -2.49. The number of amides is 1. The number of halogens is 1. The van der Waals surface area contributed by atoms with Gasteiger partial charge in [0.2, 0.25) is 5.91 Å². The van der Waals surface area contributed by atoms with E-state index in [0.717, 1.165) is 30.5 Å². The summed E-state index contributed by atoms with van der Waals surface area (Å²) < 4.78 is 1.12. The quantitative estimate of drug-likeness (QED) is 0.914. The van der Waals surface area contributed by atoms with Crippen molar-refractivity contribution < 1.29 is 4.79 Å². The lowest BCUT2D eigenvalue weighted by molar-refractivity contribution is -0.132. The van der Waals surface area contributed by atoms with E-state index in [4.69, 9.17) is 0 Å². The molecule has 3 nitrogen and oxygen atoms in total. The number of hydrogen-bond donors (Lipinski definition) is 1. The maximum Gasteiger partial charge on any atom is 0.222 e. The van der Waals surface area contributed by atoms with Crippen molar-refractivity contribution in [1.82, 2.24) is 10.2 Å². The summed E-state index contributed by atoms with van der Waals surface area (Å²) in [5.74, 6) is 0.786. The summed E-state index contributed by atoms with van der Waals surface area (Å²) in [6, 6.07) is 8.88. The molecule has 2 atom stereocenters. The average Bonchev–Trinajstić information content (AvgIpc) is 2.45. The van der Waals surface area contributed by atoms with Crippen LogP contribution >= 0.6 is 15.9 Å². The molecule has 0 bridgehead atoms. The monoisotopic (exact) mass is 338 g/mol. The number of nitrogens with one attached hydrogen (secondary N) is 1. The van der Waals surface area contributed by atoms with E-state index >= 15 is 0 Å². The Labute approximate surface area is 129 Å². The number of benzene rings is 1. The third kappa shape index (κ3) is 4.06.